The third kappa shape index (κ3) is 5.22. The van der Waals surface area contributed by atoms with Gasteiger partial charge < -0.3 is 15.0 Å². The van der Waals surface area contributed by atoms with Crippen molar-refractivity contribution >= 4 is 23.5 Å². The Hall–Kier alpha value is -3.15. The summed E-state index contributed by atoms with van der Waals surface area (Å²) in [4.78, 5) is 38.0. The number of rotatable bonds is 6. The number of nitrogens with one attached hydrogen (secondary N) is 1. The first-order chi connectivity index (χ1) is 13.8. The summed E-state index contributed by atoms with van der Waals surface area (Å²) < 4.78 is 5.14. The van der Waals surface area contributed by atoms with Crippen LogP contribution in [0.15, 0.2) is 36.4 Å². The topological polar surface area (TPSA) is 75.7 Å². The zero-order valence-electron chi connectivity index (χ0n) is 17.1. The normalized spacial score (nSPS) is 12.2. The molecule has 0 bridgehead atoms. The fourth-order valence-corrected chi connectivity index (χ4v) is 3.38. The van der Waals surface area contributed by atoms with Crippen molar-refractivity contribution in [2.75, 3.05) is 25.5 Å². The molecule has 6 nitrogen and oxygen atoms in total. The third-order valence-corrected chi connectivity index (χ3v) is 5.13. The van der Waals surface area contributed by atoms with Gasteiger partial charge >= 0.3 is 5.97 Å². The molecule has 152 valence electrons. The molecule has 0 fully saturated rings. The van der Waals surface area contributed by atoms with Gasteiger partial charge in [-0.15, -0.1) is 0 Å². The summed E-state index contributed by atoms with van der Waals surface area (Å²) in [5.74, 6) is -1.27. The molecule has 6 heteroatoms. The van der Waals surface area contributed by atoms with Gasteiger partial charge in [0.15, 0.2) is 6.61 Å². The predicted octanol–water partition coefficient (Wildman–Crippen LogP) is 3.05. The van der Waals surface area contributed by atoms with E-state index in [1.165, 1.54) is 23.1 Å². The van der Waals surface area contributed by atoms with Gasteiger partial charge in [0.05, 0.1) is 12.1 Å². The lowest BCUT2D eigenvalue weighted by Crippen LogP contribution is -2.37. The smallest absolute Gasteiger partial charge is 0.338 e. The Morgan fingerprint density at radius 2 is 1.79 bits per heavy atom. The van der Waals surface area contributed by atoms with Gasteiger partial charge in [-0.3, -0.25) is 9.59 Å². The summed E-state index contributed by atoms with van der Waals surface area (Å²) in [6, 6.07) is 11.3. The highest BCUT2D eigenvalue weighted by Gasteiger charge is 2.18. The molecule has 0 radical (unpaired) electrons. The van der Waals surface area contributed by atoms with Gasteiger partial charge in [0.2, 0.25) is 5.91 Å². The van der Waals surface area contributed by atoms with Gasteiger partial charge in [0.25, 0.3) is 5.91 Å². The van der Waals surface area contributed by atoms with Gasteiger partial charge in [-0.1, -0.05) is 18.2 Å². The molecule has 0 heterocycles. The number of aryl methyl sites for hydroxylation is 4. The van der Waals surface area contributed by atoms with Crippen molar-refractivity contribution in [3.05, 3.63) is 64.2 Å². The molecular weight excluding hydrogens is 368 g/mol. The average molecular weight is 394 g/mol. The number of ether oxygens (including phenoxy) is 1. The van der Waals surface area contributed by atoms with E-state index in [9.17, 15) is 14.4 Å². The van der Waals surface area contributed by atoms with E-state index < -0.39 is 18.5 Å². The van der Waals surface area contributed by atoms with Crippen molar-refractivity contribution in [2.24, 2.45) is 0 Å². The van der Waals surface area contributed by atoms with E-state index in [-0.39, 0.29) is 12.5 Å². The highest BCUT2D eigenvalue weighted by atomic mass is 16.5. The van der Waals surface area contributed by atoms with Crippen molar-refractivity contribution in [2.45, 2.75) is 33.1 Å². The van der Waals surface area contributed by atoms with E-state index in [1.54, 1.807) is 6.07 Å². The molecule has 29 heavy (non-hydrogen) atoms. The molecule has 0 atom stereocenters. The van der Waals surface area contributed by atoms with Crippen LogP contribution in [0.5, 0.6) is 0 Å². The van der Waals surface area contributed by atoms with E-state index in [2.05, 4.69) is 5.32 Å². The minimum absolute atomic E-state index is 0.122. The molecule has 1 aliphatic rings. The number of fused-ring (bicyclic) bond motifs is 1. The number of amides is 2. The summed E-state index contributed by atoms with van der Waals surface area (Å²) in [5.41, 5.74) is 5.60. The molecule has 2 aromatic carbocycles. The van der Waals surface area contributed by atoms with E-state index >= 15 is 0 Å². The van der Waals surface area contributed by atoms with Crippen LogP contribution in [0.1, 0.15) is 39.0 Å². The molecule has 1 aliphatic carbocycles. The lowest BCUT2D eigenvalue weighted by Gasteiger charge is -2.17. The number of hydrogen-bond acceptors (Lipinski definition) is 4. The van der Waals surface area contributed by atoms with Crippen molar-refractivity contribution < 1.29 is 19.1 Å². The summed E-state index contributed by atoms with van der Waals surface area (Å²) in [5, 5.41) is 2.81. The second kappa shape index (κ2) is 8.90. The maximum absolute atomic E-state index is 12.2. The molecule has 0 spiro atoms. The second-order valence-corrected chi connectivity index (χ2v) is 7.53. The van der Waals surface area contributed by atoms with Crippen LogP contribution in [-0.2, 0) is 27.2 Å². The summed E-state index contributed by atoms with van der Waals surface area (Å²) in [6.07, 6.45) is 3.10. The Morgan fingerprint density at radius 3 is 2.59 bits per heavy atom. The van der Waals surface area contributed by atoms with Crippen molar-refractivity contribution in [3.63, 3.8) is 0 Å². The van der Waals surface area contributed by atoms with Crippen LogP contribution in [0.3, 0.4) is 0 Å². The number of carbonyl (C=O) groups is 3. The highest BCUT2D eigenvalue weighted by molar-refractivity contribution is 5.96. The third-order valence-electron chi connectivity index (χ3n) is 5.13. The van der Waals surface area contributed by atoms with Gasteiger partial charge in [0.1, 0.15) is 0 Å². The van der Waals surface area contributed by atoms with Crippen LogP contribution < -0.4 is 5.32 Å². The predicted molar refractivity (Wildman–Crippen MR) is 111 cm³/mol. The highest BCUT2D eigenvalue weighted by Crippen LogP contribution is 2.23. The average Bonchev–Trinajstić information content (AvgIpc) is 3.16. The van der Waals surface area contributed by atoms with Crippen molar-refractivity contribution in [1.82, 2.24) is 4.90 Å². The Bertz CT molecular complexity index is 952. The van der Waals surface area contributed by atoms with E-state index in [4.69, 9.17) is 4.74 Å². The lowest BCUT2D eigenvalue weighted by molar-refractivity contribution is -0.136. The fourth-order valence-electron chi connectivity index (χ4n) is 3.38. The molecular formula is C23H26N2O4. The molecule has 0 saturated carbocycles. The van der Waals surface area contributed by atoms with Crippen LogP contribution >= 0.6 is 0 Å². The van der Waals surface area contributed by atoms with Crippen LogP contribution in [0.25, 0.3) is 0 Å². The SMILES string of the molecule is Cc1ccc(C)c(NC(=O)CN(C)C(=O)COC(=O)c2ccc3c(c2)CCC3)c1. The number of likely N-dealkylation sites (N-methyl/N-ethyl adjacent to an activating group) is 1. The maximum atomic E-state index is 12.2. The molecule has 2 amide bonds. The Kier molecular flexibility index (Phi) is 6.32. The molecule has 2 aromatic rings. The van der Waals surface area contributed by atoms with Crippen LogP contribution in [-0.4, -0.2) is 42.9 Å². The standard InChI is InChI=1S/C23H26N2O4/c1-15-7-8-16(2)20(11-15)24-21(26)13-25(3)22(27)14-29-23(28)19-10-9-17-5-4-6-18(17)12-19/h7-12H,4-6,13-14H2,1-3H3,(H,24,26). The summed E-state index contributed by atoms with van der Waals surface area (Å²) in [7, 11) is 1.51. The summed E-state index contributed by atoms with van der Waals surface area (Å²) >= 11 is 0. The Morgan fingerprint density at radius 1 is 1.03 bits per heavy atom. The largest absolute Gasteiger partial charge is 0.452 e. The molecule has 1 N–H and O–H groups in total. The number of hydrogen-bond donors (Lipinski definition) is 1. The first-order valence-corrected chi connectivity index (χ1v) is 9.73. The first kappa shape index (κ1) is 20.6. The fraction of sp³-hybridized carbons (Fsp3) is 0.348. The van der Waals surface area contributed by atoms with Gasteiger partial charge in [-0.25, -0.2) is 4.79 Å². The quantitative estimate of drug-likeness (QED) is 0.764. The van der Waals surface area contributed by atoms with Crippen molar-refractivity contribution in [1.29, 1.82) is 0 Å². The molecule has 0 unspecified atom stereocenters. The van der Waals surface area contributed by atoms with Gasteiger partial charge in [-0.2, -0.15) is 0 Å². The molecule has 3 rings (SSSR count). The summed E-state index contributed by atoms with van der Waals surface area (Å²) in [6.45, 7) is 3.33. The maximum Gasteiger partial charge on any atom is 0.338 e. The van der Waals surface area contributed by atoms with E-state index in [0.29, 0.717) is 5.56 Å². The first-order valence-electron chi connectivity index (χ1n) is 9.73. The Balaban J connectivity index is 1.49. The van der Waals surface area contributed by atoms with E-state index in [0.717, 1.165) is 36.1 Å². The van der Waals surface area contributed by atoms with Crippen LogP contribution in [0.2, 0.25) is 0 Å². The number of benzene rings is 2. The van der Waals surface area contributed by atoms with Crippen molar-refractivity contribution in [3.8, 4) is 0 Å². The van der Waals surface area contributed by atoms with Crippen LogP contribution in [0.4, 0.5) is 5.69 Å². The molecule has 0 aromatic heterocycles. The lowest BCUT2D eigenvalue weighted by atomic mass is 10.1. The second-order valence-electron chi connectivity index (χ2n) is 7.53. The van der Waals surface area contributed by atoms with E-state index in [1.807, 2.05) is 44.2 Å². The number of carbonyl (C=O) groups excluding carboxylic acids is 3. The van der Waals surface area contributed by atoms with Crippen LogP contribution in [0, 0.1) is 13.8 Å². The number of anilines is 1. The molecule has 0 aliphatic heterocycles. The zero-order chi connectivity index (χ0) is 21.0. The minimum Gasteiger partial charge on any atom is -0.452 e. The minimum atomic E-state index is -0.527. The molecule has 0 saturated heterocycles. The number of esters is 1. The number of nitrogens with zero attached hydrogens (tertiary/aromatic N) is 1. The monoisotopic (exact) mass is 394 g/mol. The van der Waals surface area contributed by atoms with Gasteiger partial charge in [-0.05, 0) is 73.6 Å². The van der Waals surface area contributed by atoms with Gasteiger partial charge in [0, 0.05) is 12.7 Å². The Labute approximate surface area is 170 Å². The zero-order valence-corrected chi connectivity index (χ0v) is 17.1.